The lowest BCUT2D eigenvalue weighted by Gasteiger charge is -2.27. The van der Waals surface area contributed by atoms with Crippen molar-refractivity contribution in [2.75, 3.05) is 39.5 Å². The number of carbonyl (C=O) groups is 1. The lowest BCUT2D eigenvalue weighted by Crippen LogP contribution is -2.41. The number of aromatic nitrogens is 1. The van der Waals surface area contributed by atoms with Crippen molar-refractivity contribution in [1.82, 2.24) is 9.47 Å². The Kier molecular flexibility index (Phi) is 8.09. The van der Waals surface area contributed by atoms with Crippen molar-refractivity contribution in [2.45, 2.75) is 26.3 Å². The van der Waals surface area contributed by atoms with Crippen LogP contribution >= 0.6 is 22.9 Å². The molecule has 1 amide bonds. The van der Waals surface area contributed by atoms with E-state index in [-0.39, 0.29) is 5.91 Å². The Morgan fingerprint density at radius 3 is 2.75 bits per heavy atom. The molecule has 1 aromatic carbocycles. The van der Waals surface area contributed by atoms with Gasteiger partial charge in [0.05, 0.1) is 25.3 Å². The summed E-state index contributed by atoms with van der Waals surface area (Å²) in [6, 6.07) is 7.45. The van der Waals surface area contributed by atoms with Crippen molar-refractivity contribution >= 4 is 34.5 Å². The van der Waals surface area contributed by atoms with Gasteiger partial charge in [-0.3, -0.25) is 4.79 Å². The summed E-state index contributed by atoms with van der Waals surface area (Å²) in [6.45, 7) is 6.70. The third kappa shape index (κ3) is 5.91. The van der Waals surface area contributed by atoms with Gasteiger partial charge in [0, 0.05) is 48.9 Å². The summed E-state index contributed by atoms with van der Waals surface area (Å²) in [4.78, 5) is 20.2. The highest BCUT2D eigenvalue weighted by Crippen LogP contribution is 2.16. The van der Waals surface area contributed by atoms with Gasteiger partial charge in [-0.05, 0) is 37.6 Å². The number of halogens is 1. The fourth-order valence-electron chi connectivity index (χ4n) is 3.01. The van der Waals surface area contributed by atoms with Crippen molar-refractivity contribution in [3.63, 3.8) is 0 Å². The zero-order chi connectivity index (χ0) is 19.8. The predicted molar refractivity (Wildman–Crippen MR) is 111 cm³/mol. The second-order valence-electron chi connectivity index (χ2n) is 6.47. The minimum Gasteiger partial charge on any atom is -0.382 e. The number of rotatable bonds is 8. The summed E-state index contributed by atoms with van der Waals surface area (Å²) in [5.41, 5.74) is 1.83. The number of hydrogen-bond acceptors (Lipinski definition) is 5. The number of morpholine rings is 1. The number of nitrogens with zero attached hydrogens (tertiary/aromatic N) is 3. The molecule has 0 saturated carbocycles. The van der Waals surface area contributed by atoms with Gasteiger partial charge in [0.25, 0.3) is 0 Å². The minimum absolute atomic E-state index is 0.137. The van der Waals surface area contributed by atoms with E-state index < -0.39 is 0 Å². The Balaban J connectivity index is 1.80. The normalized spacial score (nSPS) is 15.2. The summed E-state index contributed by atoms with van der Waals surface area (Å²) in [5, 5.41) is 2.72. The minimum atomic E-state index is 0.137. The quantitative estimate of drug-likeness (QED) is 0.612. The zero-order valence-electron chi connectivity index (χ0n) is 16.1. The van der Waals surface area contributed by atoms with Gasteiger partial charge in [0.15, 0.2) is 4.80 Å². The Morgan fingerprint density at radius 2 is 2.04 bits per heavy atom. The maximum atomic E-state index is 12.7. The smallest absolute Gasteiger partial charge is 0.228 e. The molecule has 2 aromatic rings. The molecule has 0 atom stereocenters. The summed E-state index contributed by atoms with van der Waals surface area (Å²) >= 11 is 7.52. The van der Waals surface area contributed by atoms with E-state index >= 15 is 0 Å². The van der Waals surface area contributed by atoms with Crippen molar-refractivity contribution in [3.05, 3.63) is 45.2 Å². The number of amides is 1. The van der Waals surface area contributed by atoms with Gasteiger partial charge in [0.2, 0.25) is 5.91 Å². The number of hydrogen-bond donors (Lipinski definition) is 0. The first-order valence-corrected chi connectivity index (χ1v) is 10.8. The molecule has 152 valence electrons. The third-order valence-corrected chi connectivity index (χ3v) is 5.66. The largest absolute Gasteiger partial charge is 0.382 e. The van der Waals surface area contributed by atoms with Gasteiger partial charge >= 0.3 is 0 Å². The molecule has 1 saturated heterocycles. The third-order valence-electron chi connectivity index (χ3n) is 4.50. The second-order valence-corrected chi connectivity index (χ2v) is 7.74. The Morgan fingerprint density at radius 1 is 1.29 bits per heavy atom. The van der Waals surface area contributed by atoms with E-state index in [1.807, 2.05) is 41.5 Å². The molecule has 1 aliphatic rings. The van der Waals surface area contributed by atoms with Crippen LogP contribution in [-0.2, 0) is 27.2 Å². The molecule has 0 aliphatic carbocycles. The SMILES string of the molecule is CCOCCCn1c(CC(=O)N2CCOCC2)csc1=Nc1ccc(Cl)cc1. The van der Waals surface area contributed by atoms with Crippen LogP contribution in [0.5, 0.6) is 0 Å². The van der Waals surface area contributed by atoms with Crippen LogP contribution in [-0.4, -0.2) is 54.9 Å². The molecule has 28 heavy (non-hydrogen) atoms. The first kappa shape index (κ1) is 21.0. The maximum Gasteiger partial charge on any atom is 0.228 e. The predicted octanol–water partition coefficient (Wildman–Crippen LogP) is 3.26. The molecule has 8 heteroatoms. The van der Waals surface area contributed by atoms with Gasteiger partial charge in [0.1, 0.15) is 0 Å². The van der Waals surface area contributed by atoms with E-state index in [2.05, 4.69) is 4.57 Å². The van der Waals surface area contributed by atoms with Gasteiger partial charge < -0.3 is 18.9 Å². The number of carbonyl (C=O) groups excluding carboxylic acids is 1. The van der Waals surface area contributed by atoms with E-state index in [0.717, 1.165) is 29.1 Å². The molecule has 2 heterocycles. The van der Waals surface area contributed by atoms with E-state index in [0.29, 0.717) is 51.0 Å². The van der Waals surface area contributed by atoms with Crippen LogP contribution in [0.2, 0.25) is 5.02 Å². The highest BCUT2D eigenvalue weighted by atomic mass is 35.5. The summed E-state index contributed by atoms with van der Waals surface area (Å²) in [7, 11) is 0. The first-order chi connectivity index (χ1) is 13.7. The van der Waals surface area contributed by atoms with Crippen LogP contribution < -0.4 is 4.80 Å². The van der Waals surface area contributed by atoms with Crippen LogP contribution in [0.25, 0.3) is 0 Å². The van der Waals surface area contributed by atoms with Crippen LogP contribution in [0.4, 0.5) is 5.69 Å². The molecular weight excluding hydrogens is 398 g/mol. The fraction of sp³-hybridized carbons (Fsp3) is 0.500. The average molecular weight is 424 g/mol. The highest BCUT2D eigenvalue weighted by Gasteiger charge is 2.19. The van der Waals surface area contributed by atoms with E-state index in [4.69, 9.17) is 26.1 Å². The molecule has 1 aromatic heterocycles. The monoisotopic (exact) mass is 423 g/mol. The Labute approximate surface area is 174 Å². The lowest BCUT2D eigenvalue weighted by molar-refractivity contribution is -0.134. The van der Waals surface area contributed by atoms with Gasteiger partial charge in [-0.15, -0.1) is 11.3 Å². The summed E-state index contributed by atoms with van der Waals surface area (Å²) in [5.74, 6) is 0.137. The first-order valence-electron chi connectivity index (χ1n) is 9.58. The van der Waals surface area contributed by atoms with Crippen molar-refractivity contribution in [3.8, 4) is 0 Å². The molecule has 0 radical (unpaired) electrons. The molecule has 1 fully saturated rings. The second kappa shape index (κ2) is 10.8. The average Bonchev–Trinajstić information content (AvgIpc) is 3.09. The molecule has 0 bridgehead atoms. The van der Waals surface area contributed by atoms with Gasteiger partial charge in [-0.1, -0.05) is 11.6 Å². The number of thiazole rings is 1. The molecule has 0 N–H and O–H groups in total. The number of benzene rings is 1. The van der Waals surface area contributed by atoms with Gasteiger partial charge in [-0.25, -0.2) is 4.99 Å². The van der Waals surface area contributed by atoms with Crippen molar-refractivity contribution < 1.29 is 14.3 Å². The Bertz CT molecular complexity index is 826. The molecule has 3 rings (SSSR count). The Hall–Kier alpha value is -1.67. The van der Waals surface area contributed by atoms with Crippen LogP contribution in [0.3, 0.4) is 0 Å². The summed E-state index contributed by atoms with van der Waals surface area (Å²) in [6.07, 6.45) is 1.25. The topological polar surface area (TPSA) is 56.1 Å². The zero-order valence-corrected chi connectivity index (χ0v) is 17.7. The maximum absolute atomic E-state index is 12.7. The van der Waals surface area contributed by atoms with E-state index in [1.165, 1.54) is 0 Å². The van der Waals surface area contributed by atoms with E-state index in [1.54, 1.807) is 11.3 Å². The standard InChI is InChI=1S/C20H26ClN3O3S/c1-2-26-11-3-8-24-18(14-19(25)23-9-12-27-13-10-23)15-28-20(24)22-17-6-4-16(21)5-7-17/h4-7,15H,2-3,8-14H2,1H3. The van der Waals surface area contributed by atoms with Crippen molar-refractivity contribution in [2.24, 2.45) is 4.99 Å². The van der Waals surface area contributed by atoms with Crippen molar-refractivity contribution in [1.29, 1.82) is 0 Å². The molecular formula is C20H26ClN3O3S. The van der Waals surface area contributed by atoms with Crippen LogP contribution in [0, 0.1) is 0 Å². The van der Waals surface area contributed by atoms with Gasteiger partial charge in [-0.2, -0.15) is 0 Å². The fourth-order valence-corrected chi connectivity index (χ4v) is 4.08. The molecule has 0 unspecified atom stereocenters. The molecule has 6 nitrogen and oxygen atoms in total. The van der Waals surface area contributed by atoms with Crippen LogP contribution in [0.1, 0.15) is 19.0 Å². The number of ether oxygens (including phenoxy) is 2. The van der Waals surface area contributed by atoms with Crippen LogP contribution in [0.15, 0.2) is 34.6 Å². The lowest BCUT2D eigenvalue weighted by atomic mass is 10.2. The van der Waals surface area contributed by atoms with E-state index in [9.17, 15) is 4.79 Å². The highest BCUT2D eigenvalue weighted by molar-refractivity contribution is 7.07. The summed E-state index contributed by atoms with van der Waals surface area (Å²) < 4.78 is 13.0. The molecule has 0 spiro atoms. The molecule has 1 aliphatic heterocycles.